The molecule has 0 aromatic rings. The average Bonchev–Trinajstić information content (AvgIpc) is 1.96. The zero-order valence-electron chi connectivity index (χ0n) is 9.77. The zero-order valence-corrected chi connectivity index (χ0v) is 9.77. The lowest BCUT2D eigenvalue weighted by Gasteiger charge is -2.33. The molecular formula is C10H22F2N2. The molecule has 0 radical (unpaired) electrons. The molecule has 0 saturated carbocycles. The molecule has 0 fully saturated rings. The van der Waals surface area contributed by atoms with Gasteiger partial charge in [0, 0.05) is 12.6 Å². The summed E-state index contributed by atoms with van der Waals surface area (Å²) in [5, 5.41) is 3.16. The van der Waals surface area contributed by atoms with Crippen LogP contribution in [0, 0.1) is 5.41 Å². The summed E-state index contributed by atoms with van der Waals surface area (Å²) in [5.41, 5.74) is 0.0884. The van der Waals surface area contributed by atoms with Gasteiger partial charge in [0.1, 0.15) is 0 Å². The first kappa shape index (κ1) is 13.8. The number of hydrogen-bond acceptors (Lipinski definition) is 2. The van der Waals surface area contributed by atoms with Gasteiger partial charge in [-0.05, 0) is 19.5 Å². The van der Waals surface area contributed by atoms with E-state index < -0.39 is 6.43 Å². The van der Waals surface area contributed by atoms with Gasteiger partial charge in [0.05, 0.1) is 6.54 Å². The predicted octanol–water partition coefficient (Wildman–Crippen LogP) is 1.82. The SMILES string of the molecule is CNC(CN(C)CC(F)F)C(C)(C)C. The smallest absolute Gasteiger partial charge is 0.251 e. The summed E-state index contributed by atoms with van der Waals surface area (Å²) in [4.78, 5) is 1.66. The fraction of sp³-hybridized carbons (Fsp3) is 1.00. The van der Waals surface area contributed by atoms with Crippen LogP contribution in [-0.2, 0) is 0 Å². The van der Waals surface area contributed by atoms with Gasteiger partial charge < -0.3 is 5.32 Å². The van der Waals surface area contributed by atoms with Gasteiger partial charge in [-0.3, -0.25) is 4.90 Å². The van der Waals surface area contributed by atoms with E-state index in [9.17, 15) is 8.78 Å². The molecule has 86 valence electrons. The number of likely N-dealkylation sites (N-methyl/N-ethyl adjacent to an activating group) is 2. The van der Waals surface area contributed by atoms with Gasteiger partial charge in [-0.15, -0.1) is 0 Å². The normalized spacial score (nSPS) is 15.2. The molecule has 14 heavy (non-hydrogen) atoms. The van der Waals surface area contributed by atoms with Crippen molar-refractivity contribution < 1.29 is 8.78 Å². The van der Waals surface area contributed by atoms with Gasteiger partial charge in [-0.1, -0.05) is 20.8 Å². The number of nitrogens with zero attached hydrogens (tertiary/aromatic N) is 1. The van der Waals surface area contributed by atoms with E-state index in [4.69, 9.17) is 0 Å². The highest BCUT2D eigenvalue weighted by Crippen LogP contribution is 2.19. The van der Waals surface area contributed by atoms with Crippen LogP contribution in [0.4, 0.5) is 8.78 Å². The van der Waals surface area contributed by atoms with E-state index in [0.29, 0.717) is 6.54 Å². The van der Waals surface area contributed by atoms with Crippen molar-refractivity contribution in [2.45, 2.75) is 33.2 Å². The molecule has 0 spiro atoms. The van der Waals surface area contributed by atoms with Crippen LogP contribution in [0.5, 0.6) is 0 Å². The molecule has 1 N–H and O–H groups in total. The highest BCUT2D eigenvalue weighted by Gasteiger charge is 2.24. The number of alkyl halides is 2. The van der Waals surface area contributed by atoms with E-state index in [1.165, 1.54) is 0 Å². The number of nitrogens with one attached hydrogen (secondary N) is 1. The fourth-order valence-corrected chi connectivity index (χ4v) is 1.42. The first-order chi connectivity index (χ1) is 6.27. The van der Waals surface area contributed by atoms with Crippen LogP contribution in [-0.4, -0.2) is 44.6 Å². The third kappa shape index (κ3) is 5.50. The summed E-state index contributed by atoms with van der Waals surface area (Å²) < 4.78 is 24.1. The Bertz CT molecular complexity index is 155. The summed E-state index contributed by atoms with van der Waals surface area (Å²) in [7, 11) is 3.59. The fourth-order valence-electron chi connectivity index (χ4n) is 1.42. The third-order valence-electron chi connectivity index (χ3n) is 2.34. The highest BCUT2D eigenvalue weighted by molar-refractivity contribution is 4.81. The lowest BCUT2D eigenvalue weighted by Crippen LogP contribution is -2.47. The van der Waals surface area contributed by atoms with Crippen LogP contribution >= 0.6 is 0 Å². The Hall–Kier alpha value is -0.220. The number of hydrogen-bond donors (Lipinski definition) is 1. The molecule has 0 heterocycles. The van der Waals surface area contributed by atoms with Crippen LogP contribution in [0.15, 0.2) is 0 Å². The van der Waals surface area contributed by atoms with Gasteiger partial charge in [0.15, 0.2) is 0 Å². The third-order valence-corrected chi connectivity index (χ3v) is 2.34. The van der Waals surface area contributed by atoms with Crippen LogP contribution < -0.4 is 5.32 Å². The lowest BCUT2D eigenvalue weighted by atomic mass is 9.86. The highest BCUT2D eigenvalue weighted by atomic mass is 19.3. The summed E-state index contributed by atoms with van der Waals surface area (Å²) in [5.74, 6) is 0. The summed E-state index contributed by atoms with van der Waals surface area (Å²) >= 11 is 0. The maximum absolute atomic E-state index is 12.1. The van der Waals surface area contributed by atoms with Crippen LogP contribution in [0.3, 0.4) is 0 Å². The minimum Gasteiger partial charge on any atom is -0.315 e. The maximum Gasteiger partial charge on any atom is 0.251 e. The van der Waals surface area contributed by atoms with Crippen LogP contribution in [0.1, 0.15) is 20.8 Å². The van der Waals surface area contributed by atoms with Gasteiger partial charge in [0.2, 0.25) is 0 Å². The molecular weight excluding hydrogens is 186 g/mol. The van der Waals surface area contributed by atoms with E-state index >= 15 is 0 Å². The zero-order chi connectivity index (χ0) is 11.4. The quantitative estimate of drug-likeness (QED) is 0.741. The minimum absolute atomic E-state index is 0.0884. The van der Waals surface area contributed by atoms with Gasteiger partial charge in [-0.2, -0.15) is 0 Å². The van der Waals surface area contributed by atoms with E-state index in [-0.39, 0.29) is 18.0 Å². The second kappa shape index (κ2) is 5.61. The number of rotatable bonds is 5. The standard InChI is InChI=1S/C10H22F2N2/c1-10(2,3)8(13-4)6-14(5)7-9(11)12/h8-9,13H,6-7H2,1-5H3. The van der Waals surface area contributed by atoms with Crippen molar-refractivity contribution in [3.05, 3.63) is 0 Å². The molecule has 0 amide bonds. The Morgan fingerprint density at radius 1 is 1.21 bits per heavy atom. The topological polar surface area (TPSA) is 15.3 Å². The van der Waals surface area contributed by atoms with E-state index in [1.807, 2.05) is 7.05 Å². The second-order valence-corrected chi connectivity index (χ2v) is 4.82. The van der Waals surface area contributed by atoms with Crippen molar-refractivity contribution >= 4 is 0 Å². The molecule has 0 aliphatic carbocycles. The van der Waals surface area contributed by atoms with Crippen LogP contribution in [0.25, 0.3) is 0 Å². The van der Waals surface area contributed by atoms with Gasteiger partial charge in [0.25, 0.3) is 6.43 Å². The van der Waals surface area contributed by atoms with Crippen molar-refractivity contribution in [1.29, 1.82) is 0 Å². The van der Waals surface area contributed by atoms with Crippen molar-refractivity contribution in [3.8, 4) is 0 Å². The van der Waals surface area contributed by atoms with E-state index in [1.54, 1.807) is 11.9 Å². The van der Waals surface area contributed by atoms with Crippen molar-refractivity contribution in [2.24, 2.45) is 5.41 Å². The molecule has 0 aromatic heterocycles. The predicted molar refractivity (Wildman–Crippen MR) is 55.8 cm³/mol. The van der Waals surface area contributed by atoms with E-state index in [0.717, 1.165) is 0 Å². The Balaban J connectivity index is 4.06. The molecule has 0 aliphatic heterocycles. The molecule has 0 rings (SSSR count). The molecule has 0 saturated heterocycles. The largest absolute Gasteiger partial charge is 0.315 e. The van der Waals surface area contributed by atoms with Gasteiger partial charge >= 0.3 is 0 Å². The molecule has 4 heteroatoms. The lowest BCUT2D eigenvalue weighted by molar-refractivity contribution is 0.0871. The van der Waals surface area contributed by atoms with Crippen molar-refractivity contribution in [2.75, 3.05) is 27.2 Å². The summed E-state index contributed by atoms with van der Waals surface area (Å²) in [6.45, 7) is 6.79. The molecule has 0 bridgehead atoms. The van der Waals surface area contributed by atoms with Crippen molar-refractivity contribution in [3.63, 3.8) is 0 Å². The number of halogens is 2. The van der Waals surface area contributed by atoms with E-state index in [2.05, 4.69) is 26.1 Å². The maximum atomic E-state index is 12.1. The second-order valence-electron chi connectivity index (χ2n) is 4.82. The average molecular weight is 208 g/mol. The summed E-state index contributed by atoms with van der Waals surface area (Å²) in [6, 6.07) is 0.228. The Kier molecular flexibility index (Phi) is 5.52. The molecule has 1 unspecified atom stereocenters. The van der Waals surface area contributed by atoms with Crippen molar-refractivity contribution in [1.82, 2.24) is 10.2 Å². The molecule has 2 nitrogen and oxygen atoms in total. The Morgan fingerprint density at radius 3 is 2.00 bits per heavy atom. The first-order valence-corrected chi connectivity index (χ1v) is 4.91. The van der Waals surface area contributed by atoms with Crippen LogP contribution in [0.2, 0.25) is 0 Å². The molecule has 0 aromatic carbocycles. The molecule has 0 aliphatic rings. The monoisotopic (exact) mass is 208 g/mol. The molecule has 1 atom stereocenters. The summed E-state index contributed by atoms with van der Waals surface area (Å²) in [6.07, 6.45) is -2.25. The Morgan fingerprint density at radius 2 is 1.71 bits per heavy atom. The van der Waals surface area contributed by atoms with Gasteiger partial charge in [-0.25, -0.2) is 8.78 Å². The minimum atomic E-state index is -2.25. The Labute approximate surface area is 85.7 Å². The first-order valence-electron chi connectivity index (χ1n) is 4.91.